The zero-order valence-corrected chi connectivity index (χ0v) is 13.2. The van der Waals surface area contributed by atoms with E-state index in [-0.39, 0.29) is 11.3 Å². The highest BCUT2D eigenvalue weighted by molar-refractivity contribution is 6.07. The maximum absolute atomic E-state index is 12.3. The summed E-state index contributed by atoms with van der Waals surface area (Å²) in [6.07, 6.45) is -4.67. The Morgan fingerprint density at radius 1 is 1.07 bits per heavy atom. The molecular weight excluding hydrogens is 375 g/mol. The second kappa shape index (κ2) is 7.68. The van der Waals surface area contributed by atoms with Crippen LogP contribution in [0, 0.1) is 20.2 Å². The quantitative estimate of drug-likeness (QED) is 0.597. The lowest BCUT2D eigenvalue weighted by Crippen LogP contribution is -2.19. The molecule has 27 heavy (non-hydrogen) atoms. The second-order valence-corrected chi connectivity index (χ2v) is 5.10. The zero-order chi connectivity index (χ0) is 20.2. The van der Waals surface area contributed by atoms with E-state index in [1.807, 2.05) is 0 Å². The van der Waals surface area contributed by atoms with Gasteiger partial charge in [0, 0.05) is 18.2 Å². The molecule has 0 radical (unpaired) electrons. The van der Waals surface area contributed by atoms with E-state index in [1.54, 1.807) is 0 Å². The third kappa shape index (κ3) is 5.39. The Kier molecular flexibility index (Phi) is 5.58. The first kappa shape index (κ1) is 19.6. The SMILES string of the molecule is O=C(Nc1cc(OCC(F)(F)F)cc([N+](=O)[O-])c1)c1ccccc1[N+](=O)[O-]. The molecule has 2 aromatic rings. The van der Waals surface area contributed by atoms with Gasteiger partial charge in [0.15, 0.2) is 6.61 Å². The molecule has 2 aromatic carbocycles. The van der Waals surface area contributed by atoms with Crippen LogP contribution in [0.15, 0.2) is 42.5 Å². The molecule has 0 saturated heterocycles. The summed E-state index contributed by atoms with van der Waals surface area (Å²) in [5.74, 6) is -1.47. The number of amides is 1. The Balaban J connectivity index is 2.32. The molecule has 0 aliphatic carbocycles. The van der Waals surface area contributed by atoms with Gasteiger partial charge in [-0.15, -0.1) is 0 Å². The van der Waals surface area contributed by atoms with E-state index in [1.165, 1.54) is 12.1 Å². The largest absolute Gasteiger partial charge is 0.484 e. The van der Waals surface area contributed by atoms with Crippen LogP contribution in [0.5, 0.6) is 5.75 Å². The highest BCUT2D eigenvalue weighted by atomic mass is 19.4. The zero-order valence-electron chi connectivity index (χ0n) is 13.2. The second-order valence-electron chi connectivity index (χ2n) is 5.10. The molecule has 0 saturated carbocycles. The number of rotatable bonds is 6. The van der Waals surface area contributed by atoms with Crippen molar-refractivity contribution in [3.8, 4) is 5.75 Å². The molecule has 0 heterocycles. The summed E-state index contributed by atoms with van der Waals surface area (Å²) in [4.78, 5) is 32.5. The van der Waals surface area contributed by atoms with Gasteiger partial charge < -0.3 is 10.1 Å². The van der Waals surface area contributed by atoms with Crippen LogP contribution in [0.4, 0.5) is 30.2 Å². The van der Waals surface area contributed by atoms with Crippen LogP contribution in [0.25, 0.3) is 0 Å². The van der Waals surface area contributed by atoms with Gasteiger partial charge in [0.05, 0.1) is 21.6 Å². The predicted octanol–water partition coefficient (Wildman–Crippen LogP) is 3.70. The molecule has 0 spiro atoms. The van der Waals surface area contributed by atoms with E-state index in [0.29, 0.717) is 0 Å². The number of anilines is 1. The Labute approximate surface area is 148 Å². The number of ether oxygens (including phenoxy) is 1. The van der Waals surface area contributed by atoms with Gasteiger partial charge >= 0.3 is 6.18 Å². The molecule has 0 aliphatic rings. The highest BCUT2D eigenvalue weighted by Crippen LogP contribution is 2.28. The minimum absolute atomic E-state index is 0.260. The van der Waals surface area contributed by atoms with Crippen LogP contribution in [-0.2, 0) is 0 Å². The van der Waals surface area contributed by atoms with E-state index < -0.39 is 45.7 Å². The molecular formula is C15H10F3N3O6. The molecule has 0 bridgehead atoms. The number of nitro benzene ring substituents is 2. The Morgan fingerprint density at radius 2 is 1.74 bits per heavy atom. The number of carbonyl (C=O) groups excluding carboxylic acids is 1. The van der Waals surface area contributed by atoms with Gasteiger partial charge in [-0.05, 0) is 6.07 Å². The lowest BCUT2D eigenvalue weighted by atomic mass is 10.1. The number of benzene rings is 2. The summed E-state index contributed by atoms with van der Waals surface area (Å²) in [6.45, 7) is -1.69. The maximum Gasteiger partial charge on any atom is 0.422 e. The molecule has 2 rings (SSSR count). The average Bonchev–Trinajstić information content (AvgIpc) is 2.59. The van der Waals surface area contributed by atoms with Crippen molar-refractivity contribution < 1.29 is 32.5 Å². The Morgan fingerprint density at radius 3 is 2.33 bits per heavy atom. The summed E-state index contributed by atoms with van der Waals surface area (Å²) in [5, 5.41) is 24.1. The van der Waals surface area contributed by atoms with E-state index in [0.717, 1.165) is 30.3 Å². The molecule has 12 heteroatoms. The topological polar surface area (TPSA) is 125 Å². The monoisotopic (exact) mass is 385 g/mol. The first-order valence-electron chi connectivity index (χ1n) is 7.10. The number of halogens is 3. The minimum Gasteiger partial charge on any atom is -0.484 e. The molecule has 9 nitrogen and oxygen atoms in total. The van der Waals surface area contributed by atoms with Crippen molar-refractivity contribution in [2.75, 3.05) is 11.9 Å². The number of nitrogens with zero attached hydrogens (tertiary/aromatic N) is 2. The summed E-state index contributed by atoms with van der Waals surface area (Å²) in [5.41, 5.74) is -1.72. The highest BCUT2D eigenvalue weighted by Gasteiger charge is 2.29. The molecule has 0 aliphatic heterocycles. The number of alkyl halides is 3. The van der Waals surface area contributed by atoms with Crippen LogP contribution in [-0.4, -0.2) is 28.5 Å². The van der Waals surface area contributed by atoms with Crippen molar-refractivity contribution >= 4 is 23.0 Å². The number of hydrogen-bond acceptors (Lipinski definition) is 6. The summed E-state index contributed by atoms with van der Waals surface area (Å²) >= 11 is 0. The summed E-state index contributed by atoms with van der Waals surface area (Å²) in [6, 6.07) is 7.52. The van der Waals surface area contributed by atoms with Gasteiger partial charge in [-0.1, -0.05) is 12.1 Å². The van der Waals surface area contributed by atoms with E-state index >= 15 is 0 Å². The van der Waals surface area contributed by atoms with Gasteiger partial charge in [0.1, 0.15) is 11.3 Å². The van der Waals surface area contributed by atoms with Crippen LogP contribution < -0.4 is 10.1 Å². The van der Waals surface area contributed by atoms with Crippen molar-refractivity contribution in [3.63, 3.8) is 0 Å². The molecule has 0 fully saturated rings. The minimum atomic E-state index is -4.67. The standard InChI is InChI=1S/C15H10F3N3O6/c16-15(17,18)8-27-11-6-9(5-10(7-11)20(23)24)19-14(22)12-3-1-2-4-13(12)21(25)26/h1-7H,8H2,(H,19,22). The van der Waals surface area contributed by atoms with Gasteiger partial charge in [0.2, 0.25) is 0 Å². The number of carbonyl (C=O) groups is 1. The fourth-order valence-corrected chi connectivity index (χ4v) is 2.03. The van der Waals surface area contributed by atoms with E-state index in [2.05, 4.69) is 10.1 Å². The van der Waals surface area contributed by atoms with Gasteiger partial charge in [-0.25, -0.2) is 0 Å². The van der Waals surface area contributed by atoms with Gasteiger partial charge in [0.25, 0.3) is 17.3 Å². The van der Waals surface area contributed by atoms with Crippen LogP contribution in [0.2, 0.25) is 0 Å². The normalized spacial score (nSPS) is 10.9. The van der Waals surface area contributed by atoms with Crippen molar-refractivity contribution in [1.29, 1.82) is 0 Å². The molecule has 0 aromatic heterocycles. The number of nitro groups is 2. The maximum atomic E-state index is 12.3. The average molecular weight is 385 g/mol. The Hall–Kier alpha value is -3.70. The molecule has 0 unspecified atom stereocenters. The lowest BCUT2D eigenvalue weighted by Gasteiger charge is -2.11. The van der Waals surface area contributed by atoms with Crippen molar-refractivity contribution in [2.24, 2.45) is 0 Å². The van der Waals surface area contributed by atoms with Crippen LogP contribution in [0.3, 0.4) is 0 Å². The van der Waals surface area contributed by atoms with Crippen molar-refractivity contribution in [3.05, 3.63) is 68.3 Å². The fraction of sp³-hybridized carbons (Fsp3) is 0.133. The molecule has 142 valence electrons. The number of non-ortho nitro benzene ring substituents is 1. The molecule has 0 atom stereocenters. The fourth-order valence-electron chi connectivity index (χ4n) is 2.03. The van der Waals surface area contributed by atoms with E-state index in [4.69, 9.17) is 0 Å². The van der Waals surface area contributed by atoms with Crippen LogP contribution >= 0.6 is 0 Å². The van der Waals surface area contributed by atoms with Gasteiger partial charge in [-0.3, -0.25) is 25.0 Å². The third-order valence-electron chi connectivity index (χ3n) is 3.11. The predicted molar refractivity (Wildman–Crippen MR) is 85.7 cm³/mol. The molecule has 1 amide bonds. The number of hydrogen-bond donors (Lipinski definition) is 1. The lowest BCUT2D eigenvalue weighted by molar-refractivity contribution is -0.385. The van der Waals surface area contributed by atoms with Crippen molar-refractivity contribution in [1.82, 2.24) is 0 Å². The number of nitrogens with one attached hydrogen (secondary N) is 1. The first-order valence-corrected chi connectivity index (χ1v) is 7.10. The number of para-hydroxylation sites is 1. The van der Waals surface area contributed by atoms with Crippen molar-refractivity contribution in [2.45, 2.75) is 6.18 Å². The first-order chi connectivity index (χ1) is 12.6. The van der Waals surface area contributed by atoms with Crippen LogP contribution in [0.1, 0.15) is 10.4 Å². The molecule has 1 N–H and O–H groups in total. The smallest absolute Gasteiger partial charge is 0.422 e. The van der Waals surface area contributed by atoms with Gasteiger partial charge in [-0.2, -0.15) is 13.2 Å². The van der Waals surface area contributed by atoms with E-state index in [9.17, 15) is 38.2 Å². The summed E-state index contributed by atoms with van der Waals surface area (Å²) in [7, 11) is 0. The summed E-state index contributed by atoms with van der Waals surface area (Å²) < 4.78 is 41.2. The Bertz CT molecular complexity index is 901. The third-order valence-corrected chi connectivity index (χ3v) is 3.11.